The molecule has 0 amide bonds. The van der Waals surface area contributed by atoms with Crippen molar-refractivity contribution in [2.75, 3.05) is 17.7 Å². The van der Waals surface area contributed by atoms with Gasteiger partial charge in [-0.05, 0) is 32.0 Å². The molecule has 0 unspecified atom stereocenters. The first-order chi connectivity index (χ1) is 12.4. The van der Waals surface area contributed by atoms with Crippen LogP contribution < -0.4 is 15.4 Å². The minimum atomic E-state index is -4.75. The van der Waals surface area contributed by atoms with Gasteiger partial charge in [0.2, 0.25) is 5.95 Å². The lowest BCUT2D eigenvalue weighted by Crippen LogP contribution is -2.17. The van der Waals surface area contributed by atoms with Gasteiger partial charge in [-0.1, -0.05) is 0 Å². The van der Waals surface area contributed by atoms with Crippen molar-refractivity contribution >= 4 is 17.5 Å². The lowest BCUT2D eigenvalue weighted by atomic mass is 10.1. The Morgan fingerprint density at radius 1 is 0.963 bits per heavy atom. The van der Waals surface area contributed by atoms with Gasteiger partial charge in [0.05, 0.1) is 12.7 Å². The third-order valence-corrected chi connectivity index (χ3v) is 3.21. The number of methoxy groups -OCH3 is 1. The second kappa shape index (κ2) is 7.49. The molecule has 5 nitrogen and oxygen atoms in total. The first kappa shape index (κ1) is 20.6. The molecule has 0 aliphatic rings. The Morgan fingerprint density at radius 3 is 2.15 bits per heavy atom. The molecular formula is C16H16F6N4O. The highest BCUT2D eigenvalue weighted by atomic mass is 19.4. The van der Waals surface area contributed by atoms with Crippen LogP contribution in [0.1, 0.15) is 25.1 Å². The van der Waals surface area contributed by atoms with Crippen LogP contribution in [0.15, 0.2) is 24.3 Å². The second-order valence-electron chi connectivity index (χ2n) is 5.80. The number of halogens is 6. The van der Waals surface area contributed by atoms with Crippen molar-refractivity contribution in [2.24, 2.45) is 0 Å². The van der Waals surface area contributed by atoms with Gasteiger partial charge in [0.1, 0.15) is 11.6 Å². The number of ether oxygens (including phenoxy) is 1. The molecule has 0 saturated heterocycles. The summed E-state index contributed by atoms with van der Waals surface area (Å²) in [5.41, 5.74) is -2.40. The van der Waals surface area contributed by atoms with Crippen LogP contribution in [-0.2, 0) is 12.4 Å². The quantitative estimate of drug-likeness (QED) is 0.692. The molecule has 1 aromatic carbocycles. The maximum Gasteiger partial charge on any atom is 0.433 e. The third-order valence-electron chi connectivity index (χ3n) is 3.21. The monoisotopic (exact) mass is 394 g/mol. The summed E-state index contributed by atoms with van der Waals surface area (Å²) in [6.07, 6.45) is -9.44. The number of alkyl halides is 6. The van der Waals surface area contributed by atoms with E-state index in [0.717, 1.165) is 19.2 Å². The molecule has 0 spiro atoms. The molecule has 0 radical (unpaired) electrons. The van der Waals surface area contributed by atoms with Crippen molar-refractivity contribution in [3.8, 4) is 5.75 Å². The van der Waals surface area contributed by atoms with Gasteiger partial charge in [-0.25, -0.2) is 4.98 Å². The SMILES string of the molecule is COc1ccc(Nc2cc(C(F)(F)F)nc(NC(C)C)n2)cc1C(F)(F)F. The summed E-state index contributed by atoms with van der Waals surface area (Å²) in [7, 11) is 1.08. The topological polar surface area (TPSA) is 59.1 Å². The Morgan fingerprint density at radius 2 is 1.63 bits per heavy atom. The Kier molecular flexibility index (Phi) is 5.71. The van der Waals surface area contributed by atoms with E-state index in [-0.39, 0.29) is 23.5 Å². The maximum absolute atomic E-state index is 13.1. The number of hydrogen-bond acceptors (Lipinski definition) is 5. The fourth-order valence-electron chi connectivity index (χ4n) is 2.13. The molecule has 148 valence electrons. The smallest absolute Gasteiger partial charge is 0.433 e. The highest BCUT2D eigenvalue weighted by molar-refractivity contribution is 5.61. The molecule has 1 heterocycles. The van der Waals surface area contributed by atoms with E-state index in [0.29, 0.717) is 6.07 Å². The number of hydrogen-bond donors (Lipinski definition) is 2. The van der Waals surface area contributed by atoms with Crippen molar-refractivity contribution in [1.82, 2.24) is 9.97 Å². The molecule has 0 aliphatic heterocycles. The fraction of sp³-hybridized carbons (Fsp3) is 0.375. The summed E-state index contributed by atoms with van der Waals surface area (Å²) in [6.45, 7) is 3.35. The summed E-state index contributed by atoms with van der Waals surface area (Å²) < 4.78 is 83.0. The van der Waals surface area contributed by atoms with E-state index in [4.69, 9.17) is 0 Å². The largest absolute Gasteiger partial charge is 0.496 e. The minimum absolute atomic E-state index is 0.106. The van der Waals surface area contributed by atoms with Crippen LogP contribution in [-0.4, -0.2) is 23.1 Å². The number of nitrogens with zero attached hydrogens (tertiary/aromatic N) is 2. The molecule has 11 heteroatoms. The summed E-state index contributed by atoms with van der Waals surface area (Å²) in [5, 5.41) is 5.08. The van der Waals surface area contributed by atoms with E-state index in [1.54, 1.807) is 13.8 Å². The number of anilines is 3. The highest BCUT2D eigenvalue weighted by Gasteiger charge is 2.35. The van der Waals surface area contributed by atoms with Crippen LogP contribution in [0.4, 0.5) is 43.8 Å². The van der Waals surface area contributed by atoms with E-state index < -0.39 is 29.4 Å². The number of benzene rings is 1. The first-order valence-corrected chi connectivity index (χ1v) is 7.65. The molecule has 0 saturated carbocycles. The predicted molar refractivity (Wildman–Crippen MR) is 87.1 cm³/mol. The summed E-state index contributed by atoms with van der Waals surface area (Å²) in [5.74, 6) is -1.01. The predicted octanol–water partition coefficient (Wildman–Crippen LogP) is 5.09. The number of nitrogens with one attached hydrogen (secondary N) is 2. The number of rotatable bonds is 5. The van der Waals surface area contributed by atoms with Gasteiger partial charge in [-0.2, -0.15) is 31.3 Å². The van der Waals surface area contributed by atoms with E-state index in [1.807, 2.05) is 0 Å². The molecule has 2 aromatic rings. The Bertz CT molecular complexity index is 804. The van der Waals surface area contributed by atoms with E-state index >= 15 is 0 Å². The first-order valence-electron chi connectivity index (χ1n) is 7.65. The lowest BCUT2D eigenvalue weighted by molar-refractivity contribution is -0.141. The third kappa shape index (κ3) is 5.38. The van der Waals surface area contributed by atoms with Crippen molar-refractivity contribution < 1.29 is 31.1 Å². The van der Waals surface area contributed by atoms with Gasteiger partial charge in [-0.3, -0.25) is 0 Å². The fourth-order valence-corrected chi connectivity index (χ4v) is 2.13. The molecular weight excluding hydrogens is 378 g/mol. The molecule has 0 fully saturated rings. The normalized spacial score (nSPS) is 12.2. The molecule has 0 atom stereocenters. The van der Waals surface area contributed by atoms with E-state index in [1.165, 1.54) is 6.07 Å². The standard InChI is InChI=1S/C16H16F6N4O/c1-8(2)23-14-25-12(16(20,21)22)7-13(26-14)24-9-4-5-11(27-3)10(6-9)15(17,18)19/h4-8H,1-3H3,(H2,23,24,25,26). The van der Waals surface area contributed by atoms with Crippen molar-refractivity contribution in [1.29, 1.82) is 0 Å². The Hall–Kier alpha value is -2.72. The van der Waals surface area contributed by atoms with Crippen LogP contribution >= 0.6 is 0 Å². The van der Waals surface area contributed by atoms with Crippen LogP contribution in [0.3, 0.4) is 0 Å². The van der Waals surface area contributed by atoms with Gasteiger partial charge in [0.25, 0.3) is 0 Å². The average Bonchev–Trinajstić information content (AvgIpc) is 2.52. The highest BCUT2D eigenvalue weighted by Crippen LogP contribution is 2.38. The summed E-state index contributed by atoms with van der Waals surface area (Å²) in [6, 6.07) is 3.38. The van der Waals surface area contributed by atoms with Crippen LogP contribution in [0.25, 0.3) is 0 Å². The molecule has 1 aromatic heterocycles. The zero-order chi connectivity index (χ0) is 20.4. The van der Waals surface area contributed by atoms with E-state index in [9.17, 15) is 26.3 Å². The van der Waals surface area contributed by atoms with Crippen LogP contribution in [0.5, 0.6) is 5.75 Å². The second-order valence-corrected chi connectivity index (χ2v) is 5.80. The maximum atomic E-state index is 13.1. The van der Waals surface area contributed by atoms with Gasteiger partial charge in [-0.15, -0.1) is 0 Å². The lowest BCUT2D eigenvalue weighted by Gasteiger charge is -2.16. The Labute approximate surface area is 150 Å². The molecule has 2 N–H and O–H groups in total. The average molecular weight is 394 g/mol. The summed E-state index contributed by atoms with van der Waals surface area (Å²) >= 11 is 0. The van der Waals surface area contributed by atoms with Gasteiger partial charge in [0, 0.05) is 17.8 Å². The van der Waals surface area contributed by atoms with Gasteiger partial charge in [0.15, 0.2) is 5.69 Å². The zero-order valence-corrected chi connectivity index (χ0v) is 14.5. The minimum Gasteiger partial charge on any atom is -0.496 e. The van der Waals surface area contributed by atoms with Crippen molar-refractivity contribution in [3.63, 3.8) is 0 Å². The van der Waals surface area contributed by atoms with Crippen molar-refractivity contribution in [3.05, 3.63) is 35.5 Å². The van der Waals surface area contributed by atoms with E-state index in [2.05, 4.69) is 25.3 Å². The van der Waals surface area contributed by atoms with Gasteiger partial charge >= 0.3 is 12.4 Å². The zero-order valence-electron chi connectivity index (χ0n) is 14.5. The van der Waals surface area contributed by atoms with Crippen molar-refractivity contribution in [2.45, 2.75) is 32.2 Å². The molecule has 2 rings (SSSR count). The van der Waals surface area contributed by atoms with Crippen LogP contribution in [0.2, 0.25) is 0 Å². The molecule has 27 heavy (non-hydrogen) atoms. The molecule has 0 aliphatic carbocycles. The molecule has 0 bridgehead atoms. The van der Waals surface area contributed by atoms with Crippen LogP contribution in [0, 0.1) is 0 Å². The number of aromatic nitrogens is 2. The summed E-state index contributed by atoms with van der Waals surface area (Å²) in [4.78, 5) is 7.25. The Balaban J connectivity index is 2.44. The van der Waals surface area contributed by atoms with Gasteiger partial charge < -0.3 is 15.4 Å².